The highest BCUT2D eigenvalue weighted by Gasteiger charge is 2.26. The van der Waals surface area contributed by atoms with Gasteiger partial charge in [0.05, 0.1) is 24.4 Å². The largest absolute Gasteiger partial charge is 0.462 e. The third-order valence-electron chi connectivity index (χ3n) is 3.68. The maximum absolute atomic E-state index is 12.5. The first kappa shape index (κ1) is 17.8. The minimum Gasteiger partial charge on any atom is -0.462 e. The fourth-order valence-electron chi connectivity index (χ4n) is 2.55. The van der Waals surface area contributed by atoms with Crippen molar-refractivity contribution in [2.45, 2.75) is 13.3 Å². The van der Waals surface area contributed by atoms with E-state index in [1.807, 2.05) is 41.8 Å². The molecule has 0 unspecified atom stereocenters. The molecule has 0 spiro atoms. The minimum atomic E-state index is -0.559. The molecule has 1 aromatic heterocycles. The number of thiophene rings is 1. The Morgan fingerprint density at radius 1 is 1.15 bits per heavy atom. The molecule has 0 atom stereocenters. The van der Waals surface area contributed by atoms with Crippen molar-refractivity contribution in [3.63, 3.8) is 0 Å². The number of benzene rings is 1. The predicted octanol–water partition coefficient (Wildman–Crippen LogP) is 3.23. The van der Waals surface area contributed by atoms with Crippen LogP contribution in [0.1, 0.15) is 11.8 Å². The van der Waals surface area contributed by atoms with Crippen LogP contribution in [0.15, 0.2) is 65.4 Å². The van der Waals surface area contributed by atoms with Crippen molar-refractivity contribution in [1.29, 1.82) is 0 Å². The van der Waals surface area contributed by atoms with Gasteiger partial charge in [-0.05, 0) is 30.5 Å². The Morgan fingerprint density at radius 3 is 2.54 bits per heavy atom. The van der Waals surface area contributed by atoms with Crippen LogP contribution in [0.3, 0.4) is 0 Å². The Labute approximate surface area is 155 Å². The van der Waals surface area contributed by atoms with E-state index in [-0.39, 0.29) is 30.3 Å². The molecular weight excluding hydrogens is 350 g/mol. The average molecular weight is 369 g/mol. The molecule has 26 heavy (non-hydrogen) atoms. The van der Waals surface area contributed by atoms with Crippen molar-refractivity contribution in [2.24, 2.45) is 0 Å². The molecular formula is C19H19N3O3S. The Morgan fingerprint density at radius 2 is 1.88 bits per heavy atom. The maximum atomic E-state index is 12.5. The topological polar surface area (TPSA) is 79.5 Å². The van der Waals surface area contributed by atoms with E-state index in [9.17, 15) is 9.59 Å². The molecule has 3 rings (SSSR count). The summed E-state index contributed by atoms with van der Waals surface area (Å²) in [5, 5.41) is 10.9. The first-order chi connectivity index (χ1) is 12.6. The van der Waals surface area contributed by atoms with Crippen LogP contribution in [0.25, 0.3) is 0 Å². The lowest BCUT2D eigenvalue weighted by atomic mass is 10.2. The van der Waals surface area contributed by atoms with Gasteiger partial charge in [0.1, 0.15) is 11.4 Å². The van der Waals surface area contributed by atoms with E-state index >= 15 is 0 Å². The average Bonchev–Trinajstić information content (AvgIpc) is 3.04. The molecule has 0 radical (unpaired) electrons. The molecule has 0 aliphatic carbocycles. The van der Waals surface area contributed by atoms with E-state index in [1.54, 1.807) is 6.92 Å². The van der Waals surface area contributed by atoms with Gasteiger partial charge in [0.2, 0.25) is 5.91 Å². The maximum Gasteiger partial charge on any atom is 0.343 e. The van der Waals surface area contributed by atoms with E-state index in [1.165, 1.54) is 11.3 Å². The van der Waals surface area contributed by atoms with E-state index in [0.29, 0.717) is 5.70 Å². The zero-order valence-corrected chi connectivity index (χ0v) is 15.1. The highest BCUT2D eigenvalue weighted by atomic mass is 32.1. The van der Waals surface area contributed by atoms with Crippen molar-refractivity contribution in [3.05, 3.63) is 70.3 Å². The first-order valence-electron chi connectivity index (χ1n) is 8.14. The van der Waals surface area contributed by atoms with Crippen molar-refractivity contribution >= 4 is 34.6 Å². The number of fused-ring (bicyclic) bond motifs is 1. The van der Waals surface area contributed by atoms with Gasteiger partial charge in [0.15, 0.2) is 0 Å². The monoisotopic (exact) mass is 369 g/mol. The summed E-state index contributed by atoms with van der Waals surface area (Å²) in [4.78, 5) is 25.8. The summed E-state index contributed by atoms with van der Waals surface area (Å²) in [7, 11) is 0. The van der Waals surface area contributed by atoms with Gasteiger partial charge in [-0.1, -0.05) is 24.8 Å². The van der Waals surface area contributed by atoms with Gasteiger partial charge in [0, 0.05) is 10.6 Å². The SMILES string of the molecule is C=C1Nc2ccccc2NC(NC(=O)Cc2cccs2)=C1C(=O)OCC. The molecule has 2 heterocycles. The van der Waals surface area contributed by atoms with Crippen LogP contribution >= 0.6 is 11.3 Å². The first-order valence-corrected chi connectivity index (χ1v) is 9.02. The summed E-state index contributed by atoms with van der Waals surface area (Å²) in [5.74, 6) is -0.534. The van der Waals surface area contributed by atoms with Gasteiger partial charge in [-0.3, -0.25) is 4.79 Å². The Kier molecular flexibility index (Phi) is 5.38. The number of para-hydroxylation sites is 2. The number of carbonyl (C=O) groups is 2. The molecule has 134 valence electrons. The number of anilines is 2. The van der Waals surface area contributed by atoms with E-state index < -0.39 is 5.97 Å². The lowest BCUT2D eigenvalue weighted by Gasteiger charge is -2.15. The molecule has 0 saturated carbocycles. The van der Waals surface area contributed by atoms with Crippen LogP contribution in [0.5, 0.6) is 0 Å². The van der Waals surface area contributed by atoms with Gasteiger partial charge < -0.3 is 20.7 Å². The smallest absolute Gasteiger partial charge is 0.343 e. The molecule has 1 aromatic carbocycles. The number of nitrogens with one attached hydrogen (secondary N) is 3. The van der Waals surface area contributed by atoms with Gasteiger partial charge >= 0.3 is 5.97 Å². The van der Waals surface area contributed by atoms with Crippen molar-refractivity contribution < 1.29 is 14.3 Å². The quantitative estimate of drug-likeness (QED) is 0.705. The summed E-state index contributed by atoms with van der Waals surface area (Å²) >= 11 is 1.50. The van der Waals surface area contributed by atoms with Gasteiger partial charge in [0.25, 0.3) is 0 Å². The fourth-order valence-corrected chi connectivity index (χ4v) is 3.26. The van der Waals surface area contributed by atoms with Gasteiger partial charge in [-0.2, -0.15) is 0 Å². The molecule has 0 saturated heterocycles. The number of rotatable bonds is 5. The summed E-state index contributed by atoms with van der Waals surface area (Å²) in [6.07, 6.45) is 0.223. The second kappa shape index (κ2) is 7.88. The van der Waals surface area contributed by atoms with Crippen LogP contribution in [-0.2, 0) is 20.7 Å². The summed E-state index contributed by atoms with van der Waals surface area (Å²) in [5.41, 5.74) is 2.00. The number of hydrogen-bond acceptors (Lipinski definition) is 6. The molecule has 0 bridgehead atoms. The summed E-state index contributed by atoms with van der Waals surface area (Å²) in [6.45, 7) is 5.88. The number of amides is 1. The van der Waals surface area contributed by atoms with Crippen LogP contribution in [-0.4, -0.2) is 18.5 Å². The molecule has 7 heteroatoms. The highest BCUT2D eigenvalue weighted by Crippen LogP contribution is 2.30. The molecule has 6 nitrogen and oxygen atoms in total. The van der Waals surface area contributed by atoms with Crippen molar-refractivity contribution in [1.82, 2.24) is 5.32 Å². The van der Waals surface area contributed by atoms with Crippen molar-refractivity contribution in [3.8, 4) is 0 Å². The summed E-state index contributed by atoms with van der Waals surface area (Å²) < 4.78 is 5.14. The predicted molar refractivity (Wildman–Crippen MR) is 103 cm³/mol. The lowest BCUT2D eigenvalue weighted by molar-refractivity contribution is -0.138. The van der Waals surface area contributed by atoms with Crippen LogP contribution in [0, 0.1) is 0 Å². The minimum absolute atomic E-state index is 0.169. The van der Waals surface area contributed by atoms with Gasteiger partial charge in [-0.15, -0.1) is 11.3 Å². The Hall–Kier alpha value is -3.06. The van der Waals surface area contributed by atoms with E-state index in [2.05, 4.69) is 22.5 Å². The highest BCUT2D eigenvalue weighted by molar-refractivity contribution is 7.10. The van der Waals surface area contributed by atoms with E-state index in [0.717, 1.165) is 16.3 Å². The molecule has 1 amide bonds. The lowest BCUT2D eigenvalue weighted by Crippen LogP contribution is -2.31. The standard InChI is InChI=1S/C19H19N3O3S/c1-3-25-19(24)17-12(2)20-14-8-4-5-9-15(14)21-18(17)22-16(23)11-13-7-6-10-26-13/h4-10,20-21H,2-3,11H2,1H3,(H,22,23). The second-order valence-electron chi connectivity index (χ2n) is 5.55. The molecule has 3 N–H and O–H groups in total. The Balaban J connectivity index is 1.93. The van der Waals surface area contributed by atoms with E-state index in [4.69, 9.17) is 4.74 Å². The zero-order valence-electron chi connectivity index (χ0n) is 14.3. The fraction of sp³-hybridized carbons (Fsp3) is 0.158. The molecule has 0 fully saturated rings. The van der Waals surface area contributed by atoms with Crippen molar-refractivity contribution in [2.75, 3.05) is 17.2 Å². The number of esters is 1. The second-order valence-corrected chi connectivity index (χ2v) is 6.58. The Bertz CT molecular complexity index is 872. The molecule has 2 aromatic rings. The molecule has 1 aliphatic heterocycles. The summed E-state index contributed by atoms with van der Waals surface area (Å²) in [6, 6.07) is 11.2. The van der Waals surface area contributed by atoms with Crippen LogP contribution in [0.4, 0.5) is 11.4 Å². The van der Waals surface area contributed by atoms with Crippen LogP contribution < -0.4 is 16.0 Å². The number of carbonyl (C=O) groups excluding carboxylic acids is 2. The normalized spacial score (nSPS) is 13.2. The number of hydrogen-bond donors (Lipinski definition) is 3. The number of ether oxygens (including phenoxy) is 1. The zero-order chi connectivity index (χ0) is 18.5. The third-order valence-corrected chi connectivity index (χ3v) is 4.56. The van der Waals surface area contributed by atoms with Crippen LogP contribution in [0.2, 0.25) is 0 Å². The molecule has 1 aliphatic rings. The van der Waals surface area contributed by atoms with Gasteiger partial charge in [-0.25, -0.2) is 4.79 Å². The third kappa shape index (κ3) is 3.94.